The fourth-order valence-corrected chi connectivity index (χ4v) is 2.65. The lowest BCUT2D eigenvalue weighted by atomic mass is 9.93. The molecule has 0 radical (unpaired) electrons. The van der Waals surface area contributed by atoms with Crippen LogP contribution in [-0.4, -0.2) is 22.1 Å². The van der Waals surface area contributed by atoms with Gasteiger partial charge in [-0.05, 0) is 24.3 Å². The Bertz CT molecular complexity index is 927. The monoisotopic (exact) mass is 385 g/mol. The van der Waals surface area contributed by atoms with Crippen LogP contribution in [0.4, 0.5) is 22.0 Å². The summed E-state index contributed by atoms with van der Waals surface area (Å²) in [4.78, 5) is 28.0. The Hall–Kier alpha value is -3.20. The number of nitrogens with zero attached hydrogens (tertiary/aromatic N) is 2. The summed E-state index contributed by atoms with van der Waals surface area (Å²) >= 11 is 1.35. The third-order valence-corrected chi connectivity index (χ3v) is 4.14. The summed E-state index contributed by atoms with van der Waals surface area (Å²) in [7, 11) is 0. The molecule has 0 bridgehead atoms. The Labute approximate surface area is 160 Å². The van der Waals surface area contributed by atoms with Crippen molar-refractivity contribution in [3.8, 4) is 0 Å². The van der Waals surface area contributed by atoms with Crippen LogP contribution in [0.1, 0.15) is 37.0 Å². The van der Waals surface area contributed by atoms with Crippen LogP contribution in [0.5, 0.6) is 0 Å². The molecule has 140 valence electrons. The van der Waals surface area contributed by atoms with E-state index in [2.05, 4.69) is 26.1 Å². The largest absolute Gasteiger partial charge is 0.359 e. The van der Waals surface area contributed by atoms with Crippen LogP contribution >= 0.6 is 11.3 Å². The Kier molecular flexibility index (Phi) is 5.22. The van der Waals surface area contributed by atoms with Crippen LogP contribution in [0.3, 0.4) is 0 Å². The van der Waals surface area contributed by atoms with E-state index in [1.54, 1.807) is 41.2 Å². The van der Waals surface area contributed by atoms with Gasteiger partial charge in [-0.15, -0.1) is 11.3 Å². The number of thiazole rings is 1. The zero-order valence-electron chi connectivity index (χ0n) is 15.1. The smallest absolute Gasteiger partial charge is 0.324 e. The zero-order chi connectivity index (χ0) is 19.4. The predicted octanol–water partition coefficient (Wildman–Crippen LogP) is 4.32. The molecule has 0 fully saturated rings. The van der Waals surface area contributed by atoms with E-state index in [0.29, 0.717) is 28.6 Å². The molecule has 0 aliphatic rings. The standard InChI is InChI=1S/C18H19N5O3S/c1-18(2,3)14-8-15(23-26-14)22-17(25)21-12-6-4-11(5-7-12)20-16(24)13-9-27-10-19-13/h4-10H,1-3H3,(H,20,24)(H2,21,22,23,25). The number of hydrogen-bond acceptors (Lipinski definition) is 6. The fraction of sp³-hybridized carbons (Fsp3) is 0.222. The summed E-state index contributed by atoms with van der Waals surface area (Å²) in [5.41, 5.74) is 2.94. The molecule has 0 atom stereocenters. The minimum absolute atomic E-state index is 0.192. The van der Waals surface area contributed by atoms with Crippen molar-refractivity contribution in [1.29, 1.82) is 0 Å². The van der Waals surface area contributed by atoms with Gasteiger partial charge in [-0.25, -0.2) is 9.78 Å². The van der Waals surface area contributed by atoms with Crippen LogP contribution in [0.25, 0.3) is 0 Å². The van der Waals surface area contributed by atoms with Crippen molar-refractivity contribution >= 4 is 40.5 Å². The Morgan fingerprint density at radius 1 is 1.04 bits per heavy atom. The van der Waals surface area contributed by atoms with Crippen LogP contribution in [0.15, 0.2) is 45.7 Å². The normalized spacial score (nSPS) is 11.1. The van der Waals surface area contributed by atoms with E-state index in [1.165, 1.54) is 11.3 Å². The summed E-state index contributed by atoms with van der Waals surface area (Å²) in [6, 6.07) is 7.99. The lowest BCUT2D eigenvalue weighted by Crippen LogP contribution is -2.19. The van der Waals surface area contributed by atoms with Gasteiger partial charge in [0.25, 0.3) is 5.91 Å². The molecule has 2 aromatic heterocycles. The van der Waals surface area contributed by atoms with E-state index < -0.39 is 6.03 Å². The number of rotatable bonds is 4. The fourth-order valence-electron chi connectivity index (χ4n) is 2.12. The summed E-state index contributed by atoms with van der Waals surface area (Å²) in [5.74, 6) is 0.734. The van der Waals surface area contributed by atoms with Crippen molar-refractivity contribution in [2.75, 3.05) is 16.0 Å². The number of carbonyl (C=O) groups excluding carboxylic acids is 2. The topological polar surface area (TPSA) is 109 Å². The molecule has 3 aromatic rings. The molecule has 0 unspecified atom stereocenters. The molecule has 9 heteroatoms. The average molecular weight is 385 g/mol. The average Bonchev–Trinajstić information content (AvgIpc) is 3.27. The van der Waals surface area contributed by atoms with Gasteiger partial charge in [-0.3, -0.25) is 10.1 Å². The predicted molar refractivity (Wildman–Crippen MR) is 104 cm³/mol. The van der Waals surface area contributed by atoms with Gasteiger partial charge in [0.2, 0.25) is 0 Å². The quantitative estimate of drug-likeness (QED) is 0.619. The number of benzene rings is 1. The maximum atomic E-state index is 12.1. The van der Waals surface area contributed by atoms with E-state index in [1.807, 2.05) is 20.8 Å². The zero-order valence-corrected chi connectivity index (χ0v) is 15.9. The second kappa shape index (κ2) is 7.58. The van der Waals surface area contributed by atoms with E-state index in [9.17, 15) is 9.59 Å². The van der Waals surface area contributed by atoms with Crippen molar-refractivity contribution in [2.24, 2.45) is 0 Å². The SMILES string of the molecule is CC(C)(C)c1cc(NC(=O)Nc2ccc(NC(=O)c3cscn3)cc2)no1. The molecule has 0 saturated carbocycles. The first-order valence-electron chi connectivity index (χ1n) is 8.16. The lowest BCUT2D eigenvalue weighted by molar-refractivity contribution is 0.102. The van der Waals surface area contributed by atoms with Crippen molar-refractivity contribution in [3.05, 3.63) is 52.7 Å². The molecule has 0 spiro atoms. The van der Waals surface area contributed by atoms with Gasteiger partial charge in [0.15, 0.2) is 5.82 Å². The number of nitrogens with one attached hydrogen (secondary N) is 3. The summed E-state index contributed by atoms with van der Waals surface area (Å²) in [6.45, 7) is 5.98. The van der Waals surface area contributed by atoms with Crippen LogP contribution < -0.4 is 16.0 Å². The third kappa shape index (κ3) is 4.91. The second-order valence-electron chi connectivity index (χ2n) is 6.81. The molecular weight excluding hydrogens is 366 g/mol. The molecule has 0 aliphatic carbocycles. The molecule has 0 aliphatic heterocycles. The highest BCUT2D eigenvalue weighted by atomic mass is 32.1. The Morgan fingerprint density at radius 3 is 2.26 bits per heavy atom. The van der Waals surface area contributed by atoms with E-state index in [4.69, 9.17) is 4.52 Å². The van der Waals surface area contributed by atoms with Crippen molar-refractivity contribution in [3.63, 3.8) is 0 Å². The first-order chi connectivity index (χ1) is 12.8. The van der Waals surface area contributed by atoms with Gasteiger partial charge >= 0.3 is 6.03 Å². The number of amides is 3. The lowest BCUT2D eigenvalue weighted by Gasteiger charge is -2.12. The first-order valence-corrected chi connectivity index (χ1v) is 9.10. The highest BCUT2D eigenvalue weighted by Crippen LogP contribution is 2.24. The molecule has 27 heavy (non-hydrogen) atoms. The number of hydrogen-bond donors (Lipinski definition) is 3. The first kappa shape index (κ1) is 18.6. The minimum atomic E-state index is -0.442. The van der Waals surface area contributed by atoms with Crippen LogP contribution in [-0.2, 0) is 5.41 Å². The molecule has 3 rings (SSSR count). The van der Waals surface area contributed by atoms with E-state index >= 15 is 0 Å². The molecule has 8 nitrogen and oxygen atoms in total. The van der Waals surface area contributed by atoms with Gasteiger partial charge < -0.3 is 15.2 Å². The summed E-state index contributed by atoms with van der Waals surface area (Å²) in [5, 5.41) is 13.6. The molecule has 2 heterocycles. The van der Waals surface area contributed by atoms with Gasteiger partial charge in [-0.1, -0.05) is 25.9 Å². The summed E-state index contributed by atoms with van der Waals surface area (Å²) < 4.78 is 5.23. The van der Waals surface area contributed by atoms with Gasteiger partial charge in [0, 0.05) is 28.2 Å². The maximum absolute atomic E-state index is 12.1. The molecular formula is C18H19N5O3S. The van der Waals surface area contributed by atoms with Crippen molar-refractivity contribution in [1.82, 2.24) is 10.1 Å². The van der Waals surface area contributed by atoms with Crippen LogP contribution in [0.2, 0.25) is 0 Å². The number of urea groups is 1. The molecule has 3 amide bonds. The Morgan fingerprint density at radius 2 is 1.70 bits per heavy atom. The number of carbonyl (C=O) groups is 2. The molecule has 1 aromatic carbocycles. The van der Waals surface area contributed by atoms with E-state index in [0.717, 1.165) is 0 Å². The number of anilines is 3. The molecule has 3 N–H and O–H groups in total. The van der Waals surface area contributed by atoms with Gasteiger partial charge in [-0.2, -0.15) is 0 Å². The van der Waals surface area contributed by atoms with E-state index in [-0.39, 0.29) is 11.3 Å². The van der Waals surface area contributed by atoms with Gasteiger partial charge in [0.1, 0.15) is 11.5 Å². The highest BCUT2D eigenvalue weighted by molar-refractivity contribution is 7.07. The van der Waals surface area contributed by atoms with Gasteiger partial charge in [0.05, 0.1) is 5.51 Å². The van der Waals surface area contributed by atoms with Crippen molar-refractivity contribution in [2.45, 2.75) is 26.2 Å². The molecule has 0 saturated heterocycles. The van der Waals surface area contributed by atoms with Crippen molar-refractivity contribution < 1.29 is 14.1 Å². The maximum Gasteiger partial charge on any atom is 0.324 e. The Balaban J connectivity index is 1.55. The van der Waals surface area contributed by atoms with Crippen LogP contribution in [0, 0.1) is 0 Å². The second-order valence-corrected chi connectivity index (χ2v) is 7.53. The third-order valence-electron chi connectivity index (χ3n) is 3.56. The summed E-state index contributed by atoms with van der Waals surface area (Å²) in [6.07, 6.45) is 0. The highest BCUT2D eigenvalue weighted by Gasteiger charge is 2.20. The number of aromatic nitrogens is 2. The minimum Gasteiger partial charge on any atom is -0.359 e.